The summed E-state index contributed by atoms with van der Waals surface area (Å²) in [6, 6.07) is 21.6. The minimum atomic E-state index is -1.03. The van der Waals surface area contributed by atoms with Crippen LogP contribution < -0.4 is 4.90 Å². The van der Waals surface area contributed by atoms with Gasteiger partial charge in [0.25, 0.3) is 5.91 Å². The number of fused-ring (bicyclic) bond motifs is 2. The Labute approximate surface area is 251 Å². The van der Waals surface area contributed by atoms with Gasteiger partial charge in [-0.15, -0.1) is 18.3 Å². The molecule has 7 nitrogen and oxygen atoms in total. The molecule has 3 aromatic carbocycles. The number of nitrogens with zero attached hydrogens (tertiary/aromatic N) is 2. The quantitative estimate of drug-likeness (QED) is 0.265. The summed E-state index contributed by atoms with van der Waals surface area (Å²) < 4.78 is -0.934. The molecule has 0 aromatic heterocycles. The maximum atomic E-state index is 14.8. The Morgan fingerprint density at radius 2 is 1.83 bits per heavy atom. The third-order valence-corrected chi connectivity index (χ3v) is 12.0. The second kappa shape index (κ2) is 10.9. The molecule has 6 rings (SSSR count). The van der Waals surface area contributed by atoms with Gasteiger partial charge in [-0.05, 0) is 41.3 Å². The number of hydrogen-bond acceptors (Lipinski definition) is 5. The number of anilines is 1. The molecule has 3 aliphatic heterocycles. The van der Waals surface area contributed by atoms with E-state index in [0.717, 1.165) is 16.3 Å². The lowest BCUT2D eigenvalue weighted by Crippen LogP contribution is -2.58. The lowest BCUT2D eigenvalue weighted by molar-refractivity contribution is -0.149. The van der Waals surface area contributed by atoms with Crippen molar-refractivity contribution in [3.05, 3.63) is 91.0 Å². The van der Waals surface area contributed by atoms with Gasteiger partial charge in [0, 0.05) is 22.3 Å². The highest BCUT2D eigenvalue weighted by atomic mass is 79.9. The van der Waals surface area contributed by atoms with Crippen molar-refractivity contribution >= 4 is 61.9 Å². The number of carboxylic acid groups (broad SMARTS) is 1. The van der Waals surface area contributed by atoms with E-state index < -0.39 is 34.6 Å². The largest absolute Gasteiger partial charge is 0.481 e. The molecule has 7 atom stereocenters. The molecular weight excluding hydrogens is 604 g/mol. The Morgan fingerprint density at radius 3 is 2.51 bits per heavy atom. The monoisotopic (exact) mass is 634 g/mol. The number of amides is 2. The molecule has 0 aliphatic carbocycles. The molecule has 0 radical (unpaired) electrons. The highest BCUT2D eigenvalue weighted by molar-refractivity contribution is 9.09. The zero-order chi connectivity index (χ0) is 28.9. The van der Waals surface area contributed by atoms with E-state index in [-0.39, 0.29) is 35.0 Å². The van der Waals surface area contributed by atoms with E-state index in [9.17, 15) is 24.6 Å². The van der Waals surface area contributed by atoms with Crippen LogP contribution in [0.15, 0.2) is 85.5 Å². The van der Waals surface area contributed by atoms with Gasteiger partial charge in [0.1, 0.15) is 6.04 Å². The topological polar surface area (TPSA) is 98.2 Å². The normalized spacial score (nSPS) is 29.0. The van der Waals surface area contributed by atoms with Gasteiger partial charge in [0.2, 0.25) is 5.91 Å². The highest BCUT2D eigenvalue weighted by Crippen LogP contribution is 2.68. The summed E-state index contributed by atoms with van der Waals surface area (Å²) in [5.74, 6) is -3.46. The van der Waals surface area contributed by atoms with Crippen molar-refractivity contribution in [2.45, 2.75) is 39.7 Å². The second-order valence-electron chi connectivity index (χ2n) is 11.0. The maximum Gasteiger partial charge on any atom is 0.308 e. The number of aliphatic hydroxyl groups excluding tert-OH is 1. The summed E-state index contributed by atoms with van der Waals surface area (Å²) in [5.41, 5.74) is 1.59. The number of carbonyl (C=O) groups excluding carboxylic acids is 2. The molecule has 3 fully saturated rings. The Bertz CT molecular complexity index is 1520. The van der Waals surface area contributed by atoms with E-state index >= 15 is 0 Å². The maximum absolute atomic E-state index is 14.8. The van der Waals surface area contributed by atoms with E-state index in [0.29, 0.717) is 18.5 Å². The number of likely N-dealkylation sites (tertiary alicyclic amines) is 1. The van der Waals surface area contributed by atoms with Crippen molar-refractivity contribution in [2.24, 2.45) is 11.8 Å². The van der Waals surface area contributed by atoms with Gasteiger partial charge in [0.05, 0.1) is 29.2 Å². The fraction of sp³-hybridized carbons (Fsp3) is 0.344. The average Bonchev–Trinajstić information content (AvgIpc) is 3.58. The molecule has 212 valence electrons. The Morgan fingerprint density at radius 1 is 1.12 bits per heavy atom. The van der Waals surface area contributed by atoms with Gasteiger partial charge >= 0.3 is 5.97 Å². The molecule has 2 bridgehead atoms. The number of carbonyl (C=O) groups is 3. The molecule has 3 unspecified atom stereocenters. The van der Waals surface area contributed by atoms with E-state index in [4.69, 9.17) is 0 Å². The highest BCUT2D eigenvalue weighted by Gasteiger charge is 2.76. The summed E-state index contributed by atoms with van der Waals surface area (Å²) in [6.45, 7) is 3.76. The van der Waals surface area contributed by atoms with E-state index in [1.54, 1.807) is 11.0 Å². The van der Waals surface area contributed by atoms with Gasteiger partial charge in [-0.1, -0.05) is 82.7 Å². The van der Waals surface area contributed by atoms with Crippen LogP contribution in [0.1, 0.15) is 12.0 Å². The zero-order valence-corrected chi connectivity index (χ0v) is 24.7. The number of aliphatic hydroxyl groups is 1. The number of rotatable bonds is 9. The molecule has 41 heavy (non-hydrogen) atoms. The minimum absolute atomic E-state index is 0.150. The van der Waals surface area contributed by atoms with Crippen LogP contribution in [0.5, 0.6) is 0 Å². The van der Waals surface area contributed by atoms with Crippen LogP contribution in [-0.2, 0) is 20.8 Å². The fourth-order valence-electron chi connectivity index (χ4n) is 7.10. The number of benzene rings is 3. The fourth-order valence-corrected chi connectivity index (χ4v) is 10.7. The van der Waals surface area contributed by atoms with Crippen molar-refractivity contribution in [1.29, 1.82) is 0 Å². The molecule has 3 aliphatic rings. The first-order chi connectivity index (χ1) is 19.8. The molecule has 2 amide bonds. The van der Waals surface area contributed by atoms with Gasteiger partial charge in [0.15, 0.2) is 0 Å². The van der Waals surface area contributed by atoms with E-state index in [1.165, 1.54) is 16.7 Å². The van der Waals surface area contributed by atoms with Crippen molar-refractivity contribution in [1.82, 2.24) is 4.90 Å². The third-order valence-electron chi connectivity index (χ3n) is 8.79. The van der Waals surface area contributed by atoms with E-state index in [1.807, 2.05) is 72.8 Å². The predicted molar refractivity (Wildman–Crippen MR) is 164 cm³/mol. The van der Waals surface area contributed by atoms with Crippen LogP contribution in [0.2, 0.25) is 0 Å². The van der Waals surface area contributed by atoms with Gasteiger partial charge in [-0.2, -0.15) is 0 Å². The van der Waals surface area contributed by atoms with Crippen molar-refractivity contribution < 1.29 is 24.6 Å². The molecule has 0 saturated carbocycles. The number of alkyl halides is 1. The summed E-state index contributed by atoms with van der Waals surface area (Å²) >= 11 is 5.16. The Kier molecular flexibility index (Phi) is 7.46. The van der Waals surface area contributed by atoms with Crippen LogP contribution in [0.4, 0.5) is 5.69 Å². The first-order valence-electron chi connectivity index (χ1n) is 13.7. The first kappa shape index (κ1) is 28.0. The first-order valence-corrected chi connectivity index (χ1v) is 15.5. The molecule has 3 saturated heterocycles. The Hall–Kier alpha value is -3.14. The van der Waals surface area contributed by atoms with Gasteiger partial charge in [-0.25, -0.2) is 0 Å². The molecule has 1 spiro atoms. The third kappa shape index (κ3) is 4.49. The van der Waals surface area contributed by atoms with Crippen molar-refractivity contribution in [3.63, 3.8) is 0 Å². The predicted octanol–water partition coefficient (Wildman–Crippen LogP) is 4.51. The van der Waals surface area contributed by atoms with Crippen molar-refractivity contribution in [3.8, 4) is 0 Å². The lowest BCUT2D eigenvalue weighted by Gasteiger charge is -2.40. The molecule has 3 aromatic rings. The summed E-state index contributed by atoms with van der Waals surface area (Å²) in [7, 11) is 0. The molecular formula is C32H31BrN2O5S. The van der Waals surface area contributed by atoms with Gasteiger partial charge < -0.3 is 20.0 Å². The lowest BCUT2D eigenvalue weighted by atomic mass is 9.71. The Balaban J connectivity index is 1.47. The number of aliphatic carboxylic acids is 1. The number of hydrogen-bond donors (Lipinski definition) is 2. The molecule has 2 N–H and O–H groups in total. The summed E-state index contributed by atoms with van der Waals surface area (Å²) in [5, 5.41) is 22.6. The van der Waals surface area contributed by atoms with Crippen molar-refractivity contribution in [2.75, 3.05) is 18.1 Å². The number of carboxylic acids is 1. The second-order valence-corrected chi connectivity index (χ2v) is 13.8. The smallest absolute Gasteiger partial charge is 0.308 e. The minimum Gasteiger partial charge on any atom is -0.481 e. The zero-order valence-electron chi connectivity index (χ0n) is 22.3. The van der Waals surface area contributed by atoms with Crippen LogP contribution in [-0.4, -0.2) is 73.0 Å². The number of halogens is 1. The van der Waals surface area contributed by atoms with Crippen LogP contribution >= 0.6 is 27.7 Å². The van der Waals surface area contributed by atoms with Crippen LogP contribution in [0.25, 0.3) is 10.8 Å². The average molecular weight is 636 g/mol. The molecule has 3 heterocycles. The summed E-state index contributed by atoms with van der Waals surface area (Å²) in [6.07, 6.45) is 2.48. The molecule has 9 heteroatoms. The summed E-state index contributed by atoms with van der Waals surface area (Å²) in [4.78, 5) is 44.7. The van der Waals surface area contributed by atoms with Crippen LogP contribution in [0.3, 0.4) is 0 Å². The van der Waals surface area contributed by atoms with Gasteiger partial charge in [-0.3, -0.25) is 14.4 Å². The van der Waals surface area contributed by atoms with E-state index in [2.05, 4.69) is 22.5 Å². The standard InChI is InChI=1S/C32H31BrN2O5S/c1-2-14-34(22-13-12-20-10-6-7-11-21(20)16-22)30(38)28-32-17-24(33)27(41-32)25(31(39)40)26(32)29(37)35(28)23(18-36)15-19-8-4-3-5-9-19/h2-13,16,23-28,36H,1,14-15,17-18H2,(H,39,40)/t23-,24?,25+,26+,27+,28?,32?/m1/s1. The van der Waals surface area contributed by atoms with Crippen LogP contribution in [0, 0.1) is 11.8 Å². The SMILES string of the molecule is C=CCN(C(=O)C1N([C@@H](CO)Cc2ccccc2)C(=O)[C@@H]2[C@H](C(=O)O)[C@H]3SC12CC3Br)c1ccc2ccccc2c1. The number of thioether (sulfide) groups is 1.